The van der Waals surface area contributed by atoms with E-state index in [4.69, 9.17) is 4.98 Å². The minimum atomic E-state index is -0.630. The van der Waals surface area contributed by atoms with Crippen molar-refractivity contribution in [3.63, 3.8) is 0 Å². The summed E-state index contributed by atoms with van der Waals surface area (Å²) in [5, 5.41) is 12.6. The van der Waals surface area contributed by atoms with E-state index in [1.807, 2.05) is 0 Å². The molecule has 3 unspecified atom stereocenters. The third kappa shape index (κ3) is 3.60. The lowest BCUT2D eigenvalue weighted by molar-refractivity contribution is -0.145. The summed E-state index contributed by atoms with van der Waals surface area (Å²) in [5.41, 5.74) is 1.19. The van der Waals surface area contributed by atoms with Crippen LogP contribution in [0.25, 0.3) is 0 Å². The van der Waals surface area contributed by atoms with E-state index in [9.17, 15) is 9.90 Å². The van der Waals surface area contributed by atoms with Crippen LogP contribution in [0.4, 0.5) is 0 Å². The molecular formula is C16H25NO2S. The number of nitrogens with zero attached hydrogens (tertiary/aromatic N) is 1. The molecule has 1 saturated carbocycles. The van der Waals surface area contributed by atoms with Gasteiger partial charge in [-0.2, -0.15) is 0 Å². The van der Waals surface area contributed by atoms with Gasteiger partial charge in [-0.3, -0.25) is 4.79 Å². The van der Waals surface area contributed by atoms with Crippen molar-refractivity contribution in [2.75, 3.05) is 0 Å². The minimum absolute atomic E-state index is 0.0702. The maximum Gasteiger partial charge on any atom is 0.306 e. The fourth-order valence-corrected chi connectivity index (χ4v) is 4.14. The molecule has 4 heteroatoms. The summed E-state index contributed by atoms with van der Waals surface area (Å²) in [6.07, 6.45) is 3.70. The van der Waals surface area contributed by atoms with Gasteiger partial charge >= 0.3 is 5.97 Å². The minimum Gasteiger partial charge on any atom is -0.481 e. The first-order chi connectivity index (χ1) is 9.27. The summed E-state index contributed by atoms with van der Waals surface area (Å²) in [6.45, 7) is 8.71. The van der Waals surface area contributed by atoms with Gasteiger partial charge in [-0.15, -0.1) is 11.3 Å². The predicted molar refractivity (Wildman–Crippen MR) is 82.1 cm³/mol. The third-order valence-corrected chi connectivity index (χ3v) is 5.19. The average Bonchev–Trinajstić information content (AvgIpc) is 2.76. The lowest BCUT2D eigenvalue weighted by atomic mass is 9.73. The Morgan fingerprint density at radius 1 is 1.45 bits per heavy atom. The van der Waals surface area contributed by atoms with E-state index in [2.05, 4.69) is 33.1 Å². The monoisotopic (exact) mass is 295 g/mol. The molecule has 1 heterocycles. The second kappa shape index (κ2) is 5.84. The van der Waals surface area contributed by atoms with Gasteiger partial charge in [-0.1, -0.05) is 27.7 Å². The van der Waals surface area contributed by atoms with Crippen LogP contribution in [-0.2, 0) is 16.6 Å². The first-order valence-corrected chi connectivity index (χ1v) is 8.33. The van der Waals surface area contributed by atoms with Crippen LogP contribution < -0.4 is 0 Å². The molecule has 1 aliphatic carbocycles. The summed E-state index contributed by atoms with van der Waals surface area (Å²) in [7, 11) is 0. The standard InChI is InChI=1S/C16H25NO2S/c1-10-5-6-12(15(18)19)11(7-10)8-14-17-13(9-20-14)16(2,3)4/h9-12H,5-8H2,1-4H3,(H,18,19). The Bertz CT molecular complexity index is 475. The molecule has 1 aromatic rings. The van der Waals surface area contributed by atoms with Crippen molar-refractivity contribution < 1.29 is 9.90 Å². The van der Waals surface area contributed by atoms with Crippen molar-refractivity contribution in [1.82, 2.24) is 4.98 Å². The van der Waals surface area contributed by atoms with Crippen molar-refractivity contribution in [1.29, 1.82) is 0 Å². The Morgan fingerprint density at radius 2 is 2.15 bits per heavy atom. The highest BCUT2D eigenvalue weighted by Gasteiger charge is 2.34. The van der Waals surface area contributed by atoms with E-state index in [1.54, 1.807) is 11.3 Å². The van der Waals surface area contributed by atoms with Crippen LogP contribution in [0.15, 0.2) is 5.38 Å². The zero-order valence-electron chi connectivity index (χ0n) is 12.8. The average molecular weight is 295 g/mol. The van der Waals surface area contributed by atoms with Crippen LogP contribution in [0.1, 0.15) is 57.7 Å². The molecule has 0 bridgehead atoms. The van der Waals surface area contributed by atoms with Crippen molar-refractivity contribution >= 4 is 17.3 Å². The highest BCUT2D eigenvalue weighted by molar-refractivity contribution is 7.09. The number of carbonyl (C=O) groups is 1. The van der Waals surface area contributed by atoms with Crippen molar-refractivity contribution in [2.24, 2.45) is 17.8 Å². The summed E-state index contributed by atoms with van der Waals surface area (Å²) in [5.74, 6) is 0.0653. The van der Waals surface area contributed by atoms with Gasteiger partial charge in [0.1, 0.15) is 0 Å². The molecule has 0 saturated heterocycles. The molecule has 0 aliphatic heterocycles. The third-order valence-electron chi connectivity index (χ3n) is 4.32. The number of hydrogen-bond acceptors (Lipinski definition) is 3. The summed E-state index contributed by atoms with van der Waals surface area (Å²) < 4.78 is 0. The molecule has 3 atom stereocenters. The SMILES string of the molecule is CC1CCC(C(=O)O)C(Cc2nc(C(C)(C)C)cs2)C1. The lowest BCUT2D eigenvalue weighted by Crippen LogP contribution is -2.31. The van der Waals surface area contributed by atoms with E-state index in [0.717, 1.165) is 36.4 Å². The second-order valence-electron chi connectivity index (χ2n) is 7.20. The molecule has 1 fully saturated rings. The van der Waals surface area contributed by atoms with Crippen molar-refractivity contribution in [3.05, 3.63) is 16.1 Å². The Hall–Kier alpha value is -0.900. The number of aromatic nitrogens is 1. The van der Waals surface area contributed by atoms with Crippen molar-refractivity contribution in [3.8, 4) is 0 Å². The number of hydrogen-bond donors (Lipinski definition) is 1. The molecular weight excluding hydrogens is 270 g/mol. The van der Waals surface area contributed by atoms with E-state index in [-0.39, 0.29) is 17.3 Å². The fourth-order valence-electron chi connectivity index (χ4n) is 3.02. The zero-order chi connectivity index (χ0) is 14.9. The molecule has 0 radical (unpaired) electrons. The zero-order valence-corrected chi connectivity index (χ0v) is 13.7. The van der Waals surface area contributed by atoms with Crippen LogP contribution in [0.5, 0.6) is 0 Å². The van der Waals surface area contributed by atoms with E-state index in [0.29, 0.717) is 5.92 Å². The van der Waals surface area contributed by atoms with E-state index in [1.165, 1.54) is 0 Å². The van der Waals surface area contributed by atoms with Gasteiger partial charge in [0.25, 0.3) is 0 Å². The Kier molecular flexibility index (Phi) is 4.52. The second-order valence-corrected chi connectivity index (χ2v) is 8.15. The number of aliphatic carboxylic acids is 1. The van der Waals surface area contributed by atoms with Gasteiger partial charge in [-0.05, 0) is 31.1 Å². The van der Waals surface area contributed by atoms with E-state index < -0.39 is 5.97 Å². The molecule has 1 aromatic heterocycles. The largest absolute Gasteiger partial charge is 0.481 e. The molecule has 2 rings (SSSR count). The van der Waals surface area contributed by atoms with Crippen molar-refractivity contribution in [2.45, 2.75) is 58.8 Å². The van der Waals surface area contributed by atoms with Gasteiger partial charge in [0.15, 0.2) is 0 Å². The first-order valence-electron chi connectivity index (χ1n) is 7.45. The predicted octanol–water partition coefficient (Wildman–Crippen LogP) is 4.12. The van der Waals surface area contributed by atoms with Gasteiger partial charge in [0.2, 0.25) is 0 Å². The molecule has 20 heavy (non-hydrogen) atoms. The maximum atomic E-state index is 11.4. The normalized spacial score (nSPS) is 27.5. The number of carboxylic acids is 1. The Labute approximate surface area is 125 Å². The Balaban J connectivity index is 2.10. The molecule has 0 aromatic carbocycles. The summed E-state index contributed by atoms with van der Waals surface area (Å²) in [6, 6.07) is 0. The molecule has 112 valence electrons. The summed E-state index contributed by atoms with van der Waals surface area (Å²) >= 11 is 1.68. The Morgan fingerprint density at radius 3 is 2.70 bits per heavy atom. The maximum absolute atomic E-state index is 11.4. The van der Waals surface area contributed by atoms with Crippen LogP contribution in [-0.4, -0.2) is 16.1 Å². The van der Waals surface area contributed by atoms with Gasteiger partial charge in [-0.25, -0.2) is 4.98 Å². The van der Waals surface area contributed by atoms with Crippen LogP contribution in [0.2, 0.25) is 0 Å². The van der Waals surface area contributed by atoms with Crippen LogP contribution in [0.3, 0.4) is 0 Å². The van der Waals surface area contributed by atoms with Crippen LogP contribution >= 0.6 is 11.3 Å². The van der Waals surface area contributed by atoms with Gasteiger partial charge in [0.05, 0.1) is 16.6 Å². The molecule has 3 nitrogen and oxygen atoms in total. The van der Waals surface area contributed by atoms with E-state index >= 15 is 0 Å². The molecule has 0 amide bonds. The quantitative estimate of drug-likeness (QED) is 0.912. The highest BCUT2D eigenvalue weighted by atomic mass is 32.1. The number of carboxylic acid groups (broad SMARTS) is 1. The number of thiazole rings is 1. The topological polar surface area (TPSA) is 50.2 Å². The summed E-state index contributed by atoms with van der Waals surface area (Å²) in [4.78, 5) is 16.1. The number of rotatable bonds is 3. The smallest absolute Gasteiger partial charge is 0.306 e. The fraction of sp³-hybridized carbons (Fsp3) is 0.750. The first kappa shape index (κ1) is 15.5. The van der Waals surface area contributed by atoms with Gasteiger partial charge in [0, 0.05) is 17.2 Å². The molecule has 1 N–H and O–H groups in total. The van der Waals surface area contributed by atoms with Crippen LogP contribution in [0, 0.1) is 17.8 Å². The highest BCUT2D eigenvalue weighted by Crippen LogP contribution is 2.37. The lowest BCUT2D eigenvalue weighted by Gasteiger charge is -2.31. The molecule has 1 aliphatic rings. The molecule has 0 spiro atoms. The van der Waals surface area contributed by atoms with Gasteiger partial charge < -0.3 is 5.11 Å².